The van der Waals surface area contributed by atoms with Crippen LogP contribution in [-0.4, -0.2) is 41.4 Å². The fourth-order valence-corrected chi connectivity index (χ4v) is 4.24. The molecule has 0 aliphatic carbocycles. The molecule has 164 valence electrons. The highest BCUT2D eigenvalue weighted by atomic mass is 127. The summed E-state index contributed by atoms with van der Waals surface area (Å²) in [5.41, 5.74) is 2.32. The number of alkyl halides is 2. The average molecular weight is 638 g/mol. The van der Waals surface area contributed by atoms with Crippen molar-refractivity contribution in [2.45, 2.75) is 25.0 Å². The number of carbonyl (C=O) groups excluding carboxylic acids is 1. The van der Waals surface area contributed by atoms with Crippen LogP contribution in [-0.2, 0) is 18.9 Å². The van der Waals surface area contributed by atoms with Gasteiger partial charge in [0.05, 0.1) is 38.6 Å². The van der Waals surface area contributed by atoms with E-state index in [0.717, 1.165) is 20.0 Å². The van der Waals surface area contributed by atoms with Crippen molar-refractivity contribution >= 4 is 51.3 Å². The van der Waals surface area contributed by atoms with E-state index in [2.05, 4.69) is 69.4 Å². The molecule has 0 aliphatic heterocycles. The van der Waals surface area contributed by atoms with E-state index in [9.17, 15) is 4.79 Å². The second kappa shape index (κ2) is 15.8. The Morgan fingerprint density at radius 3 is 1.43 bits per heavy atom. The molecule has 0 aromatic heterocycles. The fraction of sp³-hybridized carbons (Fsp3) is 0.435. The van der Waals surface area contributed by atoms with E-state index < -0.39 is 6.16 Å². The summed E-state index contributed by atoms with van der Waals surface area (Å²) in [5.74, 6) is 0. The topological polar surface area (TPSA) is 54.0 Å². The van der Waals surface area contributed by atoms with Crippen LogP contribution < -0.4 is 0 Å². The summed E-state index contributed by atoms with van der Waals surface area (Å²) in [6.45, 7) is 1.62. The molecule has 0 bridgehead atoms. The zero-order valence-electron chi connectivity index (χ0n) is 16.9. The van der Waals surface area contributed by atoms with Crippen LogP contribution in [0.4, 0.5) is 4.79 Å². The third-order valence-corrected chi connectivity index (χ3v) is 5.88. The Hall–Kier alpha value is -0.910. The summed E-state index contributed by atoms with van der Waals surface area (Å²) in [6.07, 6.45) is 0.734. The van der Waals surface area contributed by atoms with Crippen LogP contribution in [0.25, 0.3) is 0 Å². The monoisotopic (exact) mass is 638 g/mol. The molecule has 7 heteroatoms. The molecule has 0 fully saturated rings. The van der Waals surface area contributed by atoms with Crippen molar-refractivity contribution in [1.82, 2.24) is 0 Å². The van der Waals surface area contributed by atoms with Gasteiger partial charge in [-0.25, -0.2) is 4.79 Å². The van der Waals surface area contributed by atoms with Gasteiger partial charge < -0.3 is 18.9 Å². The number of rotatable bonds is 14. The molecule has 0 spiro atoms. The van der Waals surface area contributed by atoms with Gasteiger partial charge in [-0.15, -0.1) is 0 Å². The minimum absolute atomic E-state index is 0.0565. The summed E-state index contributed by atoms with van der Waals surface area (Å²) in [5, 5.41) is 0. The normalized spacial score (nSPS) is 12.9. The molecule has 0 saturated heterocycles. The highest BCUT2D eigenvalue weighted by Crippen LogP contribution is 2.20. The van der Waals surface area contributed by atoms with E-state index in [-0.39, 0.29) is 25.4 Å². The number of hydrogen-bond donors (Lipinski definition) is 0. The van der Waals surface area contributed by atoms with Gasteiger partial charge in [-0.2, -0.15) is 0 Å². The molecular weight excluding hydrogens is 610 g/mol. The van der Waals surface area contributed by atoms with E-state index in [0.29, 0.717) is 26.1 Å². The maximum atomic E-state index is 11.7. The lowest BCUT2D eigenvalue weighted by Crippen LogP contribution is -2.14. The van der Waals surface area contributed by atoms with E-state index in [1.165, 1.54) is 0 Å². The molecule has 2 aromatic carbocycles. The van der Waals surface area contributed by atoms with Crippen LogP contribution in [0.3, 0.4) is 0 Å². The molecule has 0 heterocycles. The van der Waals surface area contributed by atoms with Crippen LogP contribution in [0, 0.1) is 0 Å². The van der Waals surface area contributed by atoms with Crippen LogP contribution in [0.2, 0.25) is 0 Å². The first-order chi connectivity index (χ1) is 14.7. The molecule has 2 unspecified atom stereocenters. The standard InChI is InChI=1S/C23H28I2O5/c24-17-21(19-9-3-1-4-10-19)27-13-7-15-29-23(26)30-16-8-14-28-22(18-25)20-11-5-2-6-12-20/h1-6,9-12,21-22H,7-8,13-18H2. The minimum Gasteiger partial charge on any atom is -0.434 e. The lowest BCUT2D eigenvalue weighted by atomic mass is 10.1. The van der Waals surface area contributed by atoms with Crippen LogP contribution in [0.15, 0.2) is 60.7 Å². The van der Waals surface area contributed by atoms with E-state index in [4.69, 9.17) is 18.9 Å². The molecule has 0 radical (unpaired) electrons. The largest absolute Gasteiger partial charge is 0.508 e. The molecule has 30 heavy (non-hydrogen) atoms. The summed E-state index contributed by atoms with van der Waals surface area (Å²) in [6, 6.07) is 20.2. The first kappa shape index (κ1) is 25.4. The Morgan fingerprint density at radius 1 is 0.667 bits per heavy atom. The Morgan fingerprint density at radius 2 is 1.07 bits per heavy atom. The van der Waals surface area contributed by atoms with Crippen molar-refractivity contribution in [2.75, 3.05) is 35.3 Å². The van der Waals surface area contributed by atoms with Gasteiger partial charge in [0.1, 0.15) is 0 Å². The summed E-state index contributed by atoms with van der Waals surface area (Å²) in [7, 11) is 0. The quantitative estimate of drug-likeness (QED) is 0.105. The van der Waals surface area contributed by atoms with Gasteiger partial charge in [0, 0.05) is 21.7 Å². The number of ether oxygens (including phenoxy) is 4. The highest BCUT2D eigenvalue weighted by Gasteiger charge is 2.11. The first-order valence-electron chi connectivity index (χ1n) is 9.99. The third-order valence-electron chi connectivity index (χ3n) is 4.28. The minimum atomic E-state index is -0.642. The van der Waals surface area contributed by atoms with Gasteiger partial charge >= 0.3 is 6.16 Å². The van der Waals surface area contributed by atoms with Crippen molar-refractivity contribution in [1.29, 1.82) is 0 Å². The third kappa shape index (κ3) is 9.93. The molecular formula is C23H28I2O5. The Balaban J connectivity index is 1.50. The molecule has 2 aromatic rings. The lowest BCUT2D eigenvalue weighted by molar-refractivity contribution is 0.0225. The average Bonchev–Trinajstić information content (AvgIpc) is 2.80. The molecule has 2 atom stereocenters. The van der Waals surface area contributed by atoms with Gasteiger partial charge in [-0.05, 0) is 11.1 Å². The zero-order valence-corrected chi connectivity index (χ0v) is 21.2. The number of carbonyl (C=O) groups is 1. The predicted octanol–water partition coefficient (Wildman–Crippen LogP) is 6.31. The second-order valence-corrected chi connectivity index (χ2v) is 8.26. The number of halogens is 2. The smallest absolute Gasteiger partial charge is 0.434 e. The number of benzene rings is 2. The SMILES string of the molecule is O=C(OCCCOC(CI)c1ccccc1)OCCCOC(CI)c1ccccc1. The van der Waals surface area contributed by atoms with Gasteiger partial charge in [-0.3, -0.25) is 0 Å². The zero-order chi connectivity index (χ0) is 21.4. The van der Waals surface area contributed by atoms with E-state index in [1.54, 1.807) is 0 Å². The highest BCUT2D eigenvalue weighted by molar-refractivity contribution is 14.1. The van der Waals surface area contributed by atoms with Crippen LogP contribution in [0.5, 0.6) is 0 Å². The molecule has 0 amide bonds. The van der Waals surface area contributed by atoms with Crippen LogP contribution >= 0.6 is 45.2 Å². The second-order valence-electron chi connectivity index (χ2n) is 6.50. The summed E-state index contributed by atoms with van der Waals surface area (Å²) < 4.78 is 23.7. The van der Waals surface area contributed by atoms with Gasteiger partial charge in [0.2, 0.25) is 0 Å². The lowest BCUT2D eigenvalue weighted by Gasteiger charge is -2.16. The van der Waals surface area contributed by atoms with Crippen molar-refractivity contribution in [3.63, 3.8) is 0 Å². The fourth-order valence-electron chi connectivity index (χ4n) is 2.72. The molecule has 2 rings (SSSR count). The molecule has 0 N–H and O–H groups in total. The molecule has 5 nitrogen and oxygen atoms in total. The summed E-state index contributed by atoms with van der Waals surface area (Å²) >= 11 is 4.63. The first-order valence-corrected chi connectivity index (χ1v) is 13.0. The van der Waals surface area contributed by atoms with Gasteiger partial charge in [-0.1, -0.05) is 106 Å². The predicted molar refractivity (Wildman–Crippen MR) is 135 cm³/mol. The van der Waals surface area contributed by atoms with Crippen molar-refractivity contribution in [3.05, 3.63) is 71.8 Å². The van der Waals surface area contributed by atoms with Crippen molar-refractivity contribution < 1.29 is 23.7 Å². The van der Waals surface area contributed by atoms with E-state index in [1.807, 2.05) is 36.4 Å². The summed E-state index contributed by atoms with van der Waals surface area (Å²) in [4.78, 5) is 11.7. The van der Waals surface area contributed by atoms with Gasteiger partial charge in [0.15, 0.2) is 0 Å². The maximum Gasteiger partial charge on any atom is 0.508 e. The van der Waals surface area contributed by atoms with Crippen LogP contribution in [0.1, 0.15) is 36.2 Å². The van der Waals surface area contributed by atoms with E-state index >= 15 is 0 Å². The maximum absolute atomic E-state index is 11.7. The van der Waals surface area contributed by atoms with Gasteiger partial charge in [0.25, 0.3) is 0 Å². The Labute approximate surface area is 206 Å². The van der Waals surface area contributed by atoms with Crippen molar-refractivity contribution in [3.8, 4) is 0 Å². The molecule has 0 aliphatic rings. The molecule has 0 saturated carbocycles. The Bertz CT molecular complexity index is 640. The number of hydrogen-bond acceptors (Lipinski definition) is 5. The Kier molecular flexibility index (Phi) is 13.4. The van der Waals surface area contributed by atoms with Crippen molar-refractivity contribution in [2.24, 2.45) is 0 Å².